The summed E-state index contributed by atoms with van der Waals surface area (Å²) in [6.07, 6.45) is 1.00. The summed E-state index contributed by atoms with van der Waals surface area (Å²) in [6, 6.07) is 1.77. The molecule has 2 bridgehead atoms. The molecular weight excluding hydrogens is 323 g/mol. The van der Waals surface area contributed by atoms with Gasteiger partial charge in [-0.05, 0) is 6.42 Å². The minimum absolute atomic E-state index is 0.289. The molecular formula is C11H9IO4. The number of carbonyl (C=O) groups is 1. The number of hydrogen-bond donors (Lipinski definition) is 0. The second kappa shape index (κ2) is 3.80. The van der Waals surface area contributed by atoms with Crippen molar-refractivity contribution in [2.45, 2.75) is 13.0 Å². The van der Waals surface area contributed by atoms with Crippen molar-refractivity contribution in [2.24, 2.45) is 0 Å². The van der Waals surface area contributed by atoms with E-state index in [0.29, 0.717) is 29.9 Å². The van der Waals surface area contributed by atoms with Gasteiger partial charge in [0.25, 0.3) is 0 Å². The van der Waals surface area contributed by atoms with E-state index in [4.69, 9.17) is 13.9 Å². The first-order valence-electron chi connectivity index (χ1n) is 5.05. The van der Waals surface area contributed by atoms with E-state index in [2.05, 4.69) is 22.6 Å². The number of rotatable bonds is 4. The highest BCUT2D eigenvalue weighted by atomic mass is 127. The maximum absolute atomic E-state index is 11.3. The number of fused-ring (bicyclic) bond motifs is 5. The topological polar surface area (TPSA) is 48.7 Å². The molecule has 0 amide bonds. The first-order chi connectivity index (χ1) is 7.81. The Morgan fingerprint density at radius 2 is 2.38 bits per heavy atom. The Labute approximate surface area is 105 Å². The molecule has 1 aliphatic rings. The lowest BCUT2D eigenvalue weighted by Gasteiger charge is -2.02. The highest BCUT2D eigenvalue weighted by Crippen LogP contribution is 2.40. The quantitative estimate of drug-likeness (QED) is 0.374. The molecule has 3 heterocycles. The van der Waals surface area contributed by atoms with Crippen molar-refractivity contribution < 1.29 is 18.7 Å². The third-order valence-corrected chi connectivity index (χ3v) is 3.37. The number of alkyl halides is 1. The Hall–Kier alpha value is -0.980. The molecule has 0 atom stereocenters. The van der Waals surface area contributed by atoms with E-state index in [1.165, 1.54) is 0 Å². The predicted molar refractivity (Wildman–Crippen MR) is 65.5 cm³/mol. The molecule has 0 unspecified atom stereocenters. The summed E-state index contributed by atoms with van der Waals surface area (Å²) in [5.41, 5.74) is 2.67. The fraction of sp³-hybridized carbons (Fsp3) is 0.364. The molecule has 0 fully saturated rings. The Balaban J connectivity index is 1.91. The van der Waals surface area contributed by atoms with Crippen molar-refractivity contribution in [3.05, 3.63) is 17.2 Å². The van der Waals surface area contributed by atoms with Gasteiger partial charge in [-0.3, -0.25) is 0 Å². The van der Waals surface area contributed by atoms with Gasteiger partial charge in [-0.15, -0.1) is 0 Å². The van der Waals surface area contributed by atoms with Gasteiger partial charge in [-0.2, -0.15) is 0 Å². The lowest BCUT2D eigenvalue weighted by molar-refractivity contribution is 0.0534. The highest BCUT2D eigenvalue weighted by molar-refractivity contribution is 14.1. The number of halogens is 1. The van der Waals surface area contributed by atoms with Crippen molar-refractivity contribution in [3.8, 4) is 5.75 Å². The fourth-order valence-corrected chi connectivity index (χ4v) is 2.20. The molecule has 1 aliphatic heterocycles. The molecule has 3 rings (SSSR count). The van der Waals surface area contributed by atoms with Gasteiger partial charge in [-0.25, -0.2) is 4.79 Å². The van der Waals surface area contributed by atoms with Crippen LogP contribution in [-0.2, 0) is 11.3 Å². The van der Waals surface area contributed by atoms with Gasteiger partial charge in [-0.1, -0.05) is 22.6 Å². The van der Waals surface area contributed by atoms with Gasteiger partial charge in [0.2, 0.25) is 0 Å². The van der Waals surface area contributed by atoms with E-state index < -0.39 is 0 Å². The van der Waals surface area contributed by atoms with E-state index in [1.54, 1.807) is 6.07 Å². The van der Waals surface area contributed by atoms with Crippen molar-refractivity contribution in [2.75, 3.05) is 11.0 Å². The minimum atomic E-state index is -0.289. The van der Waals surface area contributed by atoms with Gasteiger partial charge in [0, 0.05) is 10.5 Å². The molecule has 0 N–H and O–H groups in total. The zero-order valence-corrected chi connectivity index (χ0v) is 10.6. The van der Waals surface area contributed by atoms with Gasteiger partial charge < -0.3 is 13.9 Å². The number of cyclic esters (lactones) is 1. The van der Waals surface area contributed by atoms with Crippen molar-refractivity contribution in [1.29, 1.82) is 0 Å². The predicted octanol–water partition coefficient (Wildman–Crippen LogP) is 2.74. The van der Waals surface area contributed by atoms with Crippen LogP contribution in [0.5, 0.6) is 5.75 Å². The van der Waals surface area contributed by atoms with Crippen LogP contribution in [0.4, 0.5) is 0 Å². The van der Waals surface area contributed by atoms with E-state index in [0.717, 1.165) is 22.2 Å². The summed E-state index contributed by atoms with van der Waals surface area (Å²) in [7, 11) is 0. The summed E-state index contributed by atoms with van der Waals surface area (Å²) >= 11 is 2.31. The van der Waals surface area contributed by atoms with Crippen LogP contribution in [0.25, 0.3) is 11.2 Å². The zero-order chi connectivity index (χ0) is 11.1. The third-order valence-electron chi connectivity index (χ3n) is 2.61. The second-order valence-electron chi connectivity index (χ2n) is 3.62. The normalized spacial score (nSPS) is 14.4. The Morgan fingerprint density at radius 1 is 1.50 bits per heavy atom. The van der Waals surface area contributed by atoms with Crippen LogP contribution in [0.1, 0.15) is 22.3 Å². The standard InChI is InChI=1S/C11H9IO4/c12-2-1-3-14-8-4-7-9-6(10(8)16-7)5-15-11(9)13/h4H,1-3,5H2. The summed E-state index contributed by atoms with van der Waals surface area (Å²) in [4.78, 5) is 11.3. The maximum atomic E-state index is 11.3. The molecule has 16 heavy (non-hydrogen) atoms. The average molecular weight is 332 g/mol. The molecule has 0 saturated heterocycles. The second-order valence-corrected chi connectivity index (χ2v) is 4.70. The lowest BCUT2D eigenvalue weighted by Crippen LogP contribution is -1.98. The number of benzene rings is 1. The molecule has 84 valence electrons. The molecule has 0 spiro atoms. The maximum Gasteiger partial charge on any atom is 0.342 e. The molecule has 5 heteroatoms. The summed E-state index contributed by atoms with van der Waals surface area (Å²) < 4.78 is 17.1. The van der Waals surface area contributed by atoms with Gasteiger partial charge in [0.05, 0.1) is 12.2 Å². The molecule has 0 aromatic carbocycles. The Kier molecular flexibility index (Phi) is 2.42. The van der Waals surface area contributed by atoms with Crippen LogP contribution in [0.2, 0.25) is 0 Å². The minimum Gasteiger partial charge on any atom is -0.489 e. The first-order valence-corrected chi connectivity index (χ1v) is 6.57. The number of esters is 1. The smallest absolute Gasteiger partial charge is 0.342 e. The molecule has 0 saturated carbocycles. The molecule has 2 aromatic heterocycles. The zero-order valence-electron chi connectivity index (χ0n) is 8.42. The average Bonchev–Trinajstić information content (AvgIpc) is 2.91. The Morgan fingerprint density at radius 3 is 3.19 bits per heavy atom. The fourth-order valence-electron chi connectivity index (χ4n) is 1.89. The summed E-state index contributed by atoms with van der Waals surface area (Å²) in [5, 5.41) is 0. The highest BCUT2D eigenvalue weighted by Gasteiger charge is 2.33. The van der Waals surface area contributed by atoms with Crippen LogP contribution in [-0.4, -0.2) is 17.0 Å². The van der Waals surface area contributed by atoms with Crippen molar-refractivity contribution in [3.63, 3.8) is 0 Å². The van der Waals surface area contributed by atoms with Gasteiger partial charge in [0.15, 0.2) is 11.3 Å². The molecule has 0 aliphatic carbocycles. The van der Waals surface area contributed by atoms with E-state index in [9.17, 15) is 4.79 Å². The molecule has 0 radical (unpaired) electrons. The molecule has 4 nitrogen and oxygen atoms in total. The monoisotopic (exact) mass is 332 g/mol. The van der Waals surface area contributed by atoms with Crippen molar-refractivity contribution >= 4 is 39.7 Å². The summed E-state index contributed by atoms with van der Waals surface area (Å²) in [6.45, 7) is 0.978. The van der Waals surface area contributed by atoms with Crippen molar-refractivity contribution in [1.82, 2.24) is 0 Å². The molecule has 2 aromatic rings. The SMILES string of the molecule is O=C1OCc2c1c1cc(OCCCI)c2o1. The number of furan rings is 2. The Bertz CT molecular complexity index is 531. The lowest BCUT2D eigenvalue weighted by atomic mass is 10.1. The number of ether oxygens (including phenoxy) is 2. The van der Waals surface area contributed by atoms with Gasteiger partial charge >= 0.3 is 5.97 Å². The third kappa shape index (κ3) is 1.37. The van der Waals surface area contributed by atoms with Crippen LogP contribution in [0.15, 0.2) is 10.5 Å². The summed E-state index contributed by atoms with van der Waals surface area (Å²) in [5.74, 6) is 0.444. The van der Waals surface area contributed by atoms with Gasteiger partial charge in [0.1, 0.15) is 17.8 Å². The van der Waals surface area contributed by atoms with Crippen LogP contribution in [0, 0.1) is 0 Å². The van der Waals surface area contributed by atoms with E-state index >= 15 is 0 Å². The van der Waals surface area contributed by atoms with Crippen LogP contribution in [0.3, 0.4) is 0 Å². The number of hydrogen-bond acceptors (Lipinski definition) is 4. The van der Waals surface area contributed by atoms with E-state index in [1.807, 2.05) is 0 Å². The van der Waals surface area contributed by atoms with Crippen LogP contribution < -0.4 is 4.74 Å². The first kappa shape index (κ1) is 10.2. The van der Waals surface area contributed by atoms with E-state index in [-0.39, 0.29) is 5.97 Å². The van der Waals surface area contributed by atoms with Crippen LogP contribution >= 0.6 is 22.6 Å². The number of carbonyl (C=O) groups excluding carboxylic acids is 1. The largest absolute Gasteiger partial charge is 0.489 e.